The standard InChI is InChI=1S/C15H15N3O2/c19-12-8-11(9-4-2-1-3-5-9)18-15(12)16-14(17-18)13(20)10-6-7-10/h1-5,10-12,19H,6-8H2/t11?,12-/m1/s1. The van der Waals surface area contributed by atoms with Crippen molar-refractivity contribution in [2.75, 3.05) is 0 Å². The molecule has 0 saturated heterocycles. The van der Waals surface area contributed by atoms with E-state index in [0.29, 0.717) is 12.2 Å². The maximum Gasteiger partial charge on any atom is 0.217 e. The first-order valence-corrected chi connectivity index (χ1v) is 6.97. The highest BCUT2D eigenvalue weighted by atomic mass is 16.3. The molecule has 0 spiro atoms. The number of aliphatic hydroxyl groups excluding tert-OH is 1. The Labute approximate surface area is 116 Å². The van der Waals surface area contributed by atoms with E-state index in [9.17, 15) is 9.90 Å². The summed E-state index contributed by atoms with van der Waals surface area (Å²) in [6.07, 6.45) is 1.80. The van der Waals surface area contributed by atoms with E-state index in [1.807, 2.05) is 30.3 Å². The predicted molar refractivity (Wildman–Crippen MR) is 71.2 cm³/mol. The van der Waals surface area contributed by atoms with Crippen LogP contribution < -0.4 is 0 Å². The second-order valence-electron chi connectivity index (χ2n) is 5.55. The third kappa shape index (κ3) is 1.78. The molecule has 1 aliphatic heterocycles. The Morgan fingerprint density at radius 3 is 2.70 bits per heavy atom. The molecule has 0 amide bonds. The molecule has 1 unspecified atom stereocenters. The van der Waals surface area contributed by atoms with Gasteiger partial charge in [-0.3, -0.25) is 4.79 Å². The van der Waals surface area contributed by atoms with E-state index in [4.69, 9.17) is 0 Å². The molecule has 1 N–H and O–H groups in total. The number of hydrogen-bond donors (Lipinski definition) is 1. The minimum atomic E-state index is -0.645. The molecule has 0 radical (unpaired) electrons. The molecule has 4 rings (SSSR count). The van der Waals surface area contributed by atoms with Gasteiger partial charge in [-0.15, -0.1) is 5.10 Å². The van der Waals surface area contributed by atoms with Crippen LogP contribution in [0.25, 0.3) is 0 Å². The van der Waals surface area contributed by atoms with Crippen molar-refractivity contribution in [3.63, 3.8) is 0 Å². The minimum Gasteiger partial charge on any atom is -0.385 e. The fraction of sp³-hybridized carbons (Fsp3) is 0.400. The van der Waals surface area contributed by atoms with Crippen molar-refractivity contribution in [2.45, 2.75) is 31.4 Å². The Balaban J connectivity index is 1.72. The second-order valence-corrected chi connectivity index (χ2v) is 5.55. The molecule has 2 heterocycles. The fourth-order valence-corrected chi connectivity index (χ4v) is 2.79. The van der Waals surface area contributed by atoms with Crippen LogP contribution in [0.5, 0.6) is 0 Å². The van der Waals surface area contributed by atoms with E-state index < -0.39 is 6.10 Å². The summed E-state index contributed by atoms with van der Waals surface area (Å²) in [6.45, 7) is 0. The first kappa shape index (κ1) is 11.8. The third-order valence-electron chi connectivity index (χ3n) is 4.05. The monoisotopic (exact) mass is 269 g/mol. The number of hydrogen-bond acceptors (Lipinski definition) is 4. The lowest BCUT2D eigenvalue weighted by Gasteiger charge is -2.11. The average Bonchev–Trinajstić information content (AvgIpc) is 3.15. The maximum atomic E-state index is 12.0. The van der Waals surface area contributed by atoms with Crippen LogP contribution in [0.4, 0.5) is 0 Å². The van der Waals surface area contributed by atoms with Gasteiger partial charge in [0, 0.05) is 12.3 Å². The van der Waals surface area contributed by atoms with E-state index in [2.05, 4.69) is 10.1 Å². The predicted octanol–water partition coefficient (Wildman–Crippen LogP) is 1.90. The number of carbonyl (C=O) groups excluding carboxylic acids is 1. The van der Waals surface area contributed by atoms with Crippen molar-refractivity contribution in [3.05, 3.63) is 47.5 Å². The van der Waals surface area contributed by atoms with Crippen molar-refractivity contribution in [2.24, 2.45) is 5.92 Å². The van der Waals surface area contributed by atoms with Gasteiger partial charge >= 0.3 is 0 Å². The molecular formula is C15H15N3O2. The zero-order valence-electron chi connectivity index (χ0n) is 10.9. The van der Waals surface area contributed by atoms with E-state index in [1.54, 1.807) is 4.68 Å². The van der Waals surface area contributed by atoms with Gasteiger partial charge < -0.3 is 5.11 Å². The average molecular weight is 269 g/mol. The number of aliphatic hydroxyl groups is 1. The summed E-state index contributed by atoms with van der Waals surface area (Å²) in [4.78, 5) is 16.3. The van der Waals surface area contributed by atoms with Gasteiger partial charge in [0.25, 0.3) is 0 Å². The zero-order valence-corrected chi connectivity index (χ0v) is 10.9. The van der Waals surface area contributed by atoms with E-state index in [0.717, 1.165) is 18.4 Å². The summed E-state index contributed by atoms with van der Waals surface area (Å²) in [7, 11) is 0. The molecule has 102 valence electrons. The van der Waals surface area contributed by atoms with E-state index >= 15 is 0 Å². The van der Waals surface area contributed by atoms with Crippen molar-refractivity contribution in [1.29, 1.82) is 0 Å². The summed E-state index contributed by atoms with van der Waals surface area (Å²) in [5.41, 5.74) is 1.08. The van der Waals surface area contributed by atoms with Gasteiger partial charge in [-0.05, 0) is 18.4 Å². The molecule has 2 aromatic rings. The number of carbonyl (C=O) groups is 1. The first-order chi connectivity index (χ1) is 9.74. The molecule has 1 saturated carbocycles. The minimum absolute atomic E-state index is 0.0194. The zero-order chi connectivity index (χ0) is 13.7. The van der Waals surface area contributed by atoms with Crippen molar-refractivity contribution >= 4 is 5.78 Å². The van der Waals surface area contributed by atoms with Gasteiger partial charge in [0.1, 0.15) is 6.10 Å². The number of ketones is 1. The van der Waals surface area contributed by atoms with Gasteiger partial charge in [0.2, 0.25) is 11.6 Å². The van der Waals surface area contributed by atoms with Crippen LogP contribution in [0.15, 0.2) is 30.3 Å². The molecule has 2 aliphatic rings. The molecule has 2 atom stereocenters. The number of aromatic nitrogens is 3. The lowest BCUT2D eigenvalue weighted by atomic mass is 10.0. The molecule has 5 heteroatoms. The quantitative estimate of drug-likeness (QED) is 0.864. The third-order valence-corrected chi connectivity index (χ3v) is 4.05. The highest BCUT2D eigenvalue weighted by Crippen LogP contribution is 2.38. The highest BCUT2D eigenvalue weighted by Gasteiger charge is 2.38. The SMILES string of the molecule is O=C(c1nc2n(n1)C(c1ccccc1)C[C@H]2O)C1CC1. The first-order valence-electron chi connectivity index (χ1n) is 6.97. The largest absolute Gasteiger partial charge is 0.385 e. The summed E-state index contributed by atoms with van der Waals surface area (Å²) >= 11 is 0. The topological polar surface area (TPSA) is 68.0 Å². The maximum absolute atomic E-state index is 12.0. The van der Waals surface area contributed by atoms with Crippen LogP contribution in [0.3, 0.4) is 0 Å². The molecule has 20 heavy (non-hydrogen) atoms. The van der Waals surface area contributed by atoms with Gasteiger partial charge in [-0.25, -0.2) is 9.67 Å². The van der Waals surface area contributed by atoms with Gasteiger partial charge in [0.05, 0.1) is 6.04 Å². The Hall–Kier alpha value is -2.01. The van der Waals surface area contributed by atoms with Crippen molar-refractivity contribution < 1.29 is 9.90 Å². The van der Waals surface area contributed by atoms with Crippen molar-refractivity contribution in [1.82, 2.24) is 14.8 Å². The lowest BCUT2D eigenvalue weighted by molar-refractivity contribution is 0.0956. The van der Waals surface area contributed by atoms with Crippen LogP contribution in [0.1, 0.15) is 53.4 Å². The number of nitrogens with zero attached hydrogens (tertiary/aromatic N) is 3. The summed E-state index contributed by atoms with van der Waals surface area (Å²) in [6, 6.07) is 9.88. The van der Waals surface area contributed by atoms with Gasteiger partial charge in [-0.2, -0.15) is 0 Å². The fourth-order valence-electron chi connectivity index (χ4n) is 2.79. The smallest absolute Gasteiger partial charge is 0.217 e. The highest BCUT2D eigenvalue weighted by molar-refractivity contribution is 5.95. The van der Waals surface area contributed by atoms with E-state index in [1.165, 1.54) is 0 Å². The van der Waals surface area contributed by atoms with Gasteiger partial charge in [-0.1, -0.05) is 30.3 Å². The number of fused-ring (bicyclic) bond motifs is 1. The second kappa shape index (κ2) is 4.24. The number of Topliss-reactive ketones (excluding diaryl/α,β-unsaturated/α-hetero) is 1. The Morgan fingerprint density at radius 2 is 2.00 bits per heavy atom. The van der Waals surface area contributed by atoms with E-state index in [-0.39, 0.29) is 23.6 Å². The summed E-state index contributed by atoms with van der Waals surface area (Å²) in [5.74, 6) is 0.904. The van der Waals surface area contributed by atoms with Crippen LogP contribution in [-0.2, 0) is 0 Å². The summed E-state index contributed by atoms with van der Waals surface area (Å²) in [5, 5.41) is 14.5. The Kier molecular flexibility index (Phi) is 2.50. The Morgan fingerprint density at radius 1 is 1.25 bits per heavy atom. The lowest BCUT2D eigenvalue weighted by Crippen LogP contribution is -2.10. The molecular weight excluding hydrogens is 254 g/mol. The molecule has 1 fully saturated rings. The van der Waals surface area contributed by atoms with Crippen LogP contribution in [0, 0.1) is 5.92 Å². The van der Waals surface area contributed by atoms with Crippen LogP contribution in [-0.4, -0.2) is 25.7 Å². The summed E-state index contributed by atoms with van der Waals surface area (Å²) < 4.78 is 1.72. The van der Waals surface area contributed by atoms with Crippen LogP contribution in [0.2, 0.25) is 0 Å². The molecule has 0 bridgehead atoms. The molecule has 1 aliphatic carbocycles. The normalized spacial score (nSPS) is 24.6. The molecule has 1 aromatic carbocycles. The molecule has 5 nitrogen and oxygen atoms in total. The van der Waals surface area contributed by atoms with Gasteiger partial charge in [0.15, 0.2) is 5.82 Å². The number of rotatable bonds is 3. The van der Waals surface area contributed by atoms with Crippen molar-refractivity contribution in [3.8, 4) is 0 Å². The number of benzene rings is 1. The van der Waals surface area contributed by atoms with Crippen LogP contribution >= 0.6 is 0 Å². The Bertz CT molecular complexity index is 661. The molecule has 1 aromatic heterocycles.